The first-order chi connectivity index (χ1) is 9.76. The number of hydrogen-bond acceptors (Lipinski definition) is 5. The number of rotatable bonds is 3. The summed E-state index contributed by atoms with van der Waals surface area (Å²) in [6, 6.07) is 6.96. The van der Waals surface area contributed by atoms with Crippen LogP contribution < -0.4 is 5.48 Å². The fourth-order valence-electron chi connectivity index (χ4n) is 1.98. The topological polar surface area (TPSA) is 104 Å². The average molecular weight is 269 g/mol. The van der Waals surface area contributed by atoms with Crippen molar-refractivity contribution in [3.63, 3.8) is 0 Å². The number of hydrogen-bond donors (Lipinski definition) is 3. The van der Waals surface area contributed by atoms with Gasteiger partial charge >= 0.3 is 0 Å². The number of H-pyrrole nitrogens is 1. The monoisotopic (exact) mass is 269 g/mol. The van der Waals surface area contributed by atoms with Crippen molar-refractivity contribution >= 4 is 17.1 Å². The zero-order chi connectivity index (χ0) is 13.9. The molecule has 0 radical (unpaired) electrons. The molecule has 3 N–H and O–H groups in total. The van der Waals surface area contributed by atoms with Gasteiger partial charge in [0, 0.05) is 12.0 Å². The first-order valence-electron chi connectivity index (χ1n) is 5.94. The van der Waals surface area contributed by atoms with Gasteiger partial charge in [0.1, 0.15) is 17.7 Å². The van der Waals surface area contributed by atoms with Crippen LogP contribution in [0.1, 0.15) is 21.7 Å². The van der Waals surface area contributed by atoms with Gasteiger partial charge in [-0.3, -0.25) is 10.0 Å². The number of benzene rings is 1. The van der Waals surface area contributed by atoms with Gasteiger partial charge in [0.05, 0.1) is 6.20 Å². The van der Waals surface area contributed by atoms with Gasteiger partial charge in [-0.05, 0) is 17.7 Å². The number of nitrogens with zero attached hydrogens (tertiary/aromatic N) is 3. The van der Waals surface area contributed by atoms with Gasteiger partial charge in [-0.1, -0.05) is 12.1 Å². The third kappa shape index (κ3) is 2.34. The molecule has 0 bridgehead atoms. The predicted molar refractivity (Wildman–Crippen MR) is 70.2 cm³/mol. The summed E-state index contributed by atoms with van der Waals surface area (Å²) in [6.07, 6.45) is 3.64. The van der Waals surface area contributed by atoms with Crippen LogP contribution in [0.15, 0.2) is 36.8 Å². The van der Waals surface area contributed by atoms with Crippen molar-refractivity contribution < 1.29 is 10.0 Å². The second-order valence-corrected chi connectivity index (χ2v) is 4.26. The summed E-state index contributed by atoms with van der Waals surface area (Å²) < 4.78 is 0. The maximum absolute atomic E-state index is 11.4. The number of carbonyl (C=O) groups is 1. The van der Waals surface area contributed by atoms with Crippen molar-refractivity contribution in [3.8, 4) is 0 Å². The van der Waals surface area contributed by atoms with Crippen LogP contribution in [0.25, 0.3) is 11.2 Å². The Morgan fingerprint density at radius 2 is 2.30 bits per heavy atom. The molecule has 0 fully saturated rings. The van der Waals surface area contributed by atoms with Crippen molar-refractivity contribution in [1.82, 2.24) is 25.4 Å². The Kier molecular flexibility index (Phi) is 3.10. The molecule has 1 aromatic carbocycles. The summed E-state index contributed by atoms with van der Waals surface area (Å²) in [5.74, 6) is 0.198. The molecule has 20 heavy (non-hydrogen) atoms. The highest BCUT2D eigenvalue weighted by atomic mass is 16.5. The Balaban J connectivity index is 1.88. The highest BCUT2D eigenvalue weighted by Crippen LogP contribution is 2.12. The van der Waals surface area contributed by atoms with Crippen LogP contribution in [0.3, 0.4) is 0 Å². The second kappa shape index (κ2) is 5.06. The smallest absolute Gasteiger partial charge is 0.274 e. The van der Waals surface area contributed by atoms with E-state index >= 15 is 0 Å². The molecule has 2 heterocycles. The number of hydroxylamine groups is 1. The molecule has 3 aromatic rings. The average Bonchev–Trinajstić information content (AvgIpc) is 2.88. The number of nitrogens with one attached hydrogen (secondary N) is 2. The molecule has 100 valence electrons. The van der Waals surface area contributed by atoms with Crippen LogP contribution in [-0.4, -0.2) is 31.1 Å². The largest absolute Gasteiger partial charge is 0.339 e. The van der Waals surface area contributed by atoms with E-state index in [2.05, 4.69) is 19.9 Å². The van der Waals surface area contributed by atoms with Gasteiger partial charge < -0.3 is 4.98 Å². The minimum absolute atomic E-state index is 0.390. The van der Waals surface area contributed by atoms with Crippen LogP contribution >= 0.6 is 0 Å². The zero-order valence-corrected chi connectivity index (χ0v) is 10.4. The highest BCUT2D eigenvalue weighted by Gasteiger charge is 2.07. The number of aromatic amines is 1. The molecule has 1 amide bonds. The molecule has 0 atom stereocenters. The van der Waals surface area contributed by atoms with Crippen LogP contribution in [0.5, 0.6) is 0 Å². The van der Waals surface area contributed by atoms with Crippen molar-refractivity contribution in [2.75, 3.05) is 0 Å². The van der Waals surface area contributed by atoms with E-state index in [1.165, 1.54) is 6.33 Å². The lowest BCUT2D eigenvalue weighted by atomic mass is 10.1. The van der Waals surface area contributed by atoms with Crippen molar-refractivity contribution in [3.05, 3.63) is 53.7 Å². The molecule has 0 aliphatic heterocycles. The van der Waals surface area contributed by atoms with E-state index < -0.39 is 5.91 Å². The lowest BCUT2D eigenvalue weighted by molar-refractivity contribution is 0.0706. The van der Waals surface area contributed by atoms with Crippen molar-refractivity contribution in [1.29, 1.82) is 0 Å². The minimum atomic E-state index is -0.540. The van der Waals surface area contributed by atoms with Crippen LogP contribution in [-0.2, 0) is 6.42 Å². The number of carbonyl (C=O) groups excluding carboxylic acids is 1. The lowest BCUT2D eigenvalue weighted by Crippen LogP contribution is -2.18. The molecule has 0 aliphatic carbocycles. The number of amides is 1. The Labute approximate surface area is 113 Å². The minimum Gasteiger partial charge on any atom is -0.339 e. The summed E-state index contributed by atoms with van der Waals surface area (Å²) >= 11 is 0. The van der Waals surface area contributed by atoms with Crippen LogP contribution in [0.4, 0.5) is 0 Å². The third-order valence-electron chi connectivity index (χ3n) is 2.87. The number of aromatic nitrogens is 4. The summed E-state index contributed by atoms with van der Waals surface area (Å²) in [5.41, 5.74) is 4.28. The summed E-state index contributed by atoms with van der Waals surface area (Å²) in [7, 11) is 0. The van der Waals surface area contributed by atoms with E-state index in [0.29, 0.717) is 17.6 Å². The van der Waals surface area contributed by atoms with Crippen LogP contribution in [0.2, 0.25) is 0 Å². The molecule has 0 saturated carbocycles. The Hall–Kier alpha value is -2.80. The Morgan fingerprint density at radius 1 is 1.40 bits per heavy atom. The van der Waals surface area contributed by atoms with Gasteiger partial charge in [0.15, 0.2) is 5.65 Å². The van der Waals surface area contributed by atoms with Crippen LogP contribution in [0, 0.1) is 0 Å². The fourth-order valence-corrected chi connectivity index (χ4v) is 1.98. The molecular weight excluding hydrogens is 258 g/mol. The summed E-state index contributed by atoms with van der Waals surface area (Å²) in [5, 5.41) is 8.63. The first kappa shape index (κ1) is 12.2. The van der Waals surface area contributed by atoms with E-state index in [1.54, 1.807) is 29.9 Å². The number of imidazole rings is 1. The van der Waals surface area contributed by atoms with Crippen molar-refractivity contribution in [2.24, 2.45) is 0 Å². The van der Waals surface area contributed by atoms with E-state index in [4.69, 9.17) is 5.21 Å². The summed E-state index contributed by atoms with van der Waals surface area (Å²) in [4.78, 5) is 26.8. The molecule has 2 aromatic heterocycles. The summed E-state index contributed by atoms with van der Waals surface area (Å²) in [6.45, 7) is 0. The first-order valence-corrected chi connectivity index (χ1v) is 5.94. The molecule has 3 rings (SSSR count). The molecule has 7 heteroatoms. The Bertz CT molecular complexity index is 735. The fraction of sp³-hybridized carbons (Fsp3) is 0.0769. The third-order valence-corrected chi connectivity index (χ3v) is 2.87. The molecule has 0 saturated heterocycles. The molecule has 7 nitrogen and oxygen atoms in total. The standard InChI is InChI=1S/C13H11N5O2/c19-13(18-20)9-3-1-2-8(4-9)5-11-16-10-6-14-7-15-12(10)17-11/h1-4,6-7,20H,5H2,(H,18,19)(H,14,15,16,17). The van der Waals surface area contributed by atoms with E-state index in [9.17, 15) is 4.79 Å². The van der Waals surface area contributed by atoms with Gasteiger partial charge in [-0.15, -0.1) is 0 Å². The SMILES string of the molecule is O=C(NO)c1cccc(Cc2nc3ncncc3[nH]2)c1. The van der Waals surface area contributed by atoms with Gasteiger partial charge in [0.2, 0.25) is 0 Å². The maximum atomic E-state index is 11.4. The van der Waals surface area contributed by atoms with Gasteiger partial charge in [0.25, 0.3) is 5.91 Å². The van der Waals surface area contributed by atoms with Gasteiger partial charge in [-0.2, -0.15) is 0 Å². The van der Waals surface area contributed by atoms with Gasteiger partial charge in [-0.25, -0.2) is 20.4 Å². The lowest BCUT2D eigenvalue weighted by Gasteiger charge is -2.02. The number of fused-ring (bicyclic) bond motifs is 1. The predicted octanol–water partition coefficient (Wildman–Crippen LogP) is 1.06. The van der Waals surface area contributed by atoms with E-state index in [-0.39, 0.29) is 0 Å². The molecular formula is C13H11N5O2. The molecule has 0 aliphatic rings. The maximum Gasteiger partial charge on any atom is 0.274 e. The zero-order valence-electron chi connectivity index (χ0n) is 10.4. The quantitative estimate of drug-likeness (QED) is 0.487. The molecule has 0 spiro atoms. The normalized spacial score (nSPS) is 10.7. The second-order valence-electron chi connectivity index (χ2n) is 4.26. The molecule has 0 unspecified atom stereocenters. The Morgan fingerprint density at radius 3 is 3.10 bits per heavy atom. The van der Waals surface area contributed by atoms with E-state index in [1.807, 2.05) is 6.07 Å². The van der Waals surface area contributed by atoms with Crippen molar-refractivity contribution in [2.45, 2.75) is 6.42 Å². The van der Waals surface area contributed by atoms with E-state index in [0.717, 1.165) is 16.9 Å². The highest BCUT2D eigenvalue weighted by molar-refractivity contribution is 5.93.